The van der Waals surface area contributed by atoms with Gasteiger partial charge in [-0.1, -0.05) is 32.5 Å². The smallest absolute Gasteiger partial charge is 0.208 e. The van der Waals surface area contributed by atoms with E-state index in [9.17, 15) is 9.47 Å². The Kier molecular flexibility index (Phi) is 8.41. The molecule has 1 unspecified atom stereocenters. The van der Waals surface area contributed by atoms with E-state index in [-0.39, 0.29) is 11.3 Å². The van der Waals surface area contributed by atoms with Gasteiger partial charge in [0.1, 0.15) is 6.54 Å². The third kappa shape index (κ3) is 7.21. The van der Waals surface area contributed by atoms with Crippen LogP contribution in [0.2, 0.25) is 0 Å². The first-order chi connectivity index (χ1) is 12.4. The summed E-state index contributed by atoms with van der Waals surface area (Å²) in [4.78, 5) is 7.19. The summed E-state index contributed by atoms with van der Waals surface area (Å²) in [6.45, 7) is 12.2. The molecule has 8 heteroatoms. The average Bonchev–Trinajstić information content (AvgIpc) is 2.54. The molecule has 1 atom stereocenters. The Morgan fingerprint density at radius 3 is 2.26 bits per heavy atom. The molecule has 0 bridgehead atoms. The van der Waals surface area contributed by atoms with Gasteiger partial charge in [-0.2, -0.15) is 10.5 Å². The van der Waals surface area contributed by atoms with Crippen LogP contribution in [0.25, 0.3) is 0 Å². The summed E-state index contributed by atoms with van der Waals surface area (Å²) in [5.74, 6) is 0. The topological polar surface area (TPSA) is 80.2 Å². The summed E-state index contributed by atoms with van der Waals surface area (Å²) >= 11 is 2.97. The van der Waals surface area contributed by atoms with Crippen molar-refractivity contribution in [1.29, 1.82) is 10.5 Å². The van der Waals surface area contributed by atoms with Gasteiger partial charge in [0, 0.05) is 25.0 Å². The zero-order valence-corrected chi connectivity index (χ0v) is 19.3. The van der Waals surface area contributed by atoms with Crippen LogP contribution in [0.1, 0.15) is 41.5 Å². The molecule has 0 saturated carbocycles. The molecule has 5 nitrogen and oxygen atoms in total. The zero-order valence-electron chi connectivity index (χ0n) is 16.9. The molecule has 0 saturated heterocycles. The van der Waals surface area contributed by atoms with Crippen molar-refractivity contribution in [1.82, 2.24) is 0 Å². The molecule has 1 rings (SSSR count). The number of nitrogens with zero attached hydrogens (tertiary/aromatic N) is 4. The highest BCUT2D eigenvalue weighted by molar-refractivity contribution is 8.13. The largest absolute Gasteiger partial charge is 0.306 e. The van der Waals surface area contributed by atoms with Crippen LogP contribution in [-0.2, 0) is 10.8 Å². The Balaban J connectivity index is 3.61. The number of nitriles is 2. The lowest BCUT2D eigenvalue weighted by Crippen LogP contribution is -2.29. The fraction of sp³-hybridized carbons (Fsp3) is 0.526. The molecule has 146 valence electrons. The van der Waals surface area contributed by atoms with Crippen molar-refractivity contribution in [2.24, 2.45) is 4.99 Å². The van der Waals surface area contributed by atoms with E-state index in [4.69, 9.17) is 5.26 Å². The van der Waals surface area contributed by atoms with E-state index in [1.807, 2.05) is 45.2 Å². The van der Waals surface area contributed by atoms with E-state index in [1.165, 1.54) is 11.8 Å². The summed E-state index contributed by atoms with van der Waals surface area (Å²) in [7, 11) is -1.22. The Hall–Kier alpha value is -1.48. The molecule has 0 heterocycles. The van der Waals surface area contributed by atoms with Crippen molar-refractivity contribution >= 4 is 45.2 Å². The van der Waals surface area contributed by atoms with Crippen LogP contribution in [0.15, 0.2) is 33.0 Å². The van der Waals surface area contributed by atoms with Crippen LogP contribution in [0.4, 0.5) is 5.69 Å². The number of hydrogen-bond donors (Lipinski definition) is 0. The van der Waals surface area contributed by atoms with Crippen molar-refractivity contribution in [2.45, 2.75) is 60.8 Å². The monoisotopic (exact) mass is 422 g/mol. The molecule has 0 aliphatic rings. The predicted octanol–water partition coefficient (Wildman–Crippen LogP) is 5.01. The van der Waals surface area contributed by atoms with E-state index < -0.39 is 15.5 Å². The van der Waals surface area contributed by atoms with Crippen molar-refractivity contribution in [3.63, 3.8) is 0 Å². The van der Waals surface area contributed by atoms with Gasteiger partial charge in [-0.05, 0) is 45.2 Å². The number of aliphatic imine (C=N–C) groups is 1. The number of rotatable bonds is 4. The van der Waals surface area contributed by atoms with Crippen molar-refractivity contribution in [3.8, 4) is 12.3 Å². The molecule has 27 heavy (non-hydrogen) atoms. The molecule has 0 aromatic heterocycles. The van der Waals surface area contributed by atoms with Gasteiger partial charge in [-0.25, -0.2) is 0 Å². The molecule has 1 aromatic carbocycles. The molecule has 0 spiro atoms. The second-order valence-corrected chi connectivity index (χ2v) is 12.6. The summed E-state index contributed by atoms with van der Waals surface area (Å²) in [5.41, 5.74) is 0.710. The fourth-order valence-electron chi connectivity index (χ4n) is 2.18. The predicted molar refractivity (Wildman–Crippen MR) is 118 cm³/mol. The molecule has 0 N–H and O–H groups in total. The molecule has 1 aromatic rings. The average molecular weight is 423 g/mol. The molecular weight excluding hydrogens is 396 g/mol. The molecule has 0 amide bonds. The van der Waals surface area contributed by atoms with Gasteiger partial charge in [-0.3, -0.25) is 4.21 Å². The Morgan fingerprint density at radius 1 is 1.19 bits per heavy atom. The summed E-state index contributed by atoms with van der Waals surface area (Å²) in [6, 6.07) is 7.86. The van der Waals surface area contributed by atoms with Crippen LogP contribution in [0.5, 0.6) is 0 Å². The van der Waals surface area contributed by atoms with Crippen LogP contribution < -0.4 is 4.90 Å². The molecule has 0 aliphatic carbocycles. The standard InChI is InChI=1S/C19H26N4OS3/c1-18(2,3)26-15-10-14(11-16(12-15)27(24)19(4,5)6)23(9-8-20)17(25-7)22-13-21/h10-12H,9H2,1-7H3. The number of thioether (sulfide) groups is 2. The van der Waals surface area contributed by atoms with Gasteiger partial charge in [-0.15, -0.1) is 16.8 Å². The normalized spacial score (nSPS) is 13.6. The number of amidine groups is 1. The van der Waals surface area contributed by atoms with Crippen molar-refractivity contribution in [2.75, 3.05) is 17.7 Å². The number of benzene rings is 1. The van der Waals surface area contributed by atoms with Gasteiger partial charge >= 0.3 is 0 Å². The lowest BCUT2D eigenvalue weighted by atomic mass is 10.2. The van der Waals surface area contributed by atoms with E-state index in [0.29, 0.717) is 15.8 Å². The lowest BCUT2D eigenvalue weighted by Gasteiger charge is -2.26. The lowest BCUT2D eigenvalue weighted by molar-refractivity contribution is 0.648. The molecule has 0 radical (unpaired) electrons. The number of anilines is 1. The minimum absolute atomic E-state index is 0.0255. The van der Waals surface area contributed by atoms with E-state index >= 15 is 0 Å². The fourth-order valence-corrected chi connectivity index (χ4v) is 5.02. The Labute approximate surface area is 173 Å². The Bertz CT molecular complexity index is 808. The first kappa shape index (κ1) is 23.6. The van der Waals surface area contributed by atoms with Gasteiger partial charge < -0.3 is 4.90 Å². The molecule has 0 aliphatic heterocycles. The highest BCUT2D eigenvalue weighted by Gasteiger charge is 2.25. The van der Waals surface area contributed by atoms with E-state index in [2.05, 4.69) is 31.8 Å². The van der Waals surface area contributed by atoms with E-state index in [0.717, 1.165) is 4.90 Å². The SMILES string of the molecule is CSC(=NC#N)N(CC#N)c1cc(SC(C)(C)C)cc(S(=O)C(C)(C)C)c1. The van der Waals surface area contributed by atoms with Crippen LogP contribution in [0, 0.1) is 22.8 Å². The third-order valence-electron chi connectivity index (χ3n) is 3.16. The number of hydrogen-bond acceptors (Lipinski definition) is 6. The third-order valence-corrected chi connectivity index (χ3v) is 6.70. The van der Waals surface area contributed by atoms with Gasteiger partial charge in [0.2, 0.25) is 6.19 Å². The Morgan fingerprint density at radius 2 is 1.81 bits per heavy atom. The zero-order chi connectivity index (χ0) is 20.8. The summed E-state index contributed by atoms with van der Waals surface area (Å²) < 4.78 is 12.6. The first-order valence-corrected chi connectivity index (χ1v) is 11.5. The second kappa shape index (κ2) is 9.64. The van der Waals surface area contributed by atoms with Gasteiger partial charge in [0.15, 0.2) is 5.17 Å². The maximum absolute atomic E-state index is 13.0. The molecular formula is C19H26N4OS3. The van der Waals surface area contributed by atoms with Gasteiger partial charge in [0.25, 0.3) is 0 Å². The van der Waals surface area contributed by atoms with Crippen LogP contribution >= 0.6 is 23.5 Å². The maximum Gasteiger partial charge on any atom is 0.208 e. The van der Waals surface area contributed by atoms with Crippen molar-refractivity contribution in [3.05, 3.63) is 18.2 Å². The minimum Gasteiger partial charge on any atom is -0.306 e. The van der Waals surface area contributed by atoms with Crippen LogP contribution in [-0.4, -0.2) is 31.7 Å². The second-order valence-electron chi connectivity index (χ2n) is 7.70. The first-order valence-electron chi connectivity index (χ1n) is 8.34. The van der Waals surface area contributed by atoms with Crippen LogP contribution in [0.3, 0.4) is 0 Å². The van der Waals surface area contributed by atoms with Gasteiger partial charge in [0.05, 0.1) is 16.9 Å². The molecule has 0 fully saturated rings. The van der Waals surface area contributed by atoms with Crippen molar-refractivity contribution < 1.29 is 4.21 Å². The minimum atomic E-state index is -1.22. The quantitative estimate of drug-likeness (QED) is 0.223. The summed E-state index contributed by atoms with van der Waals surface area (Å²) in [5, 5.41) is 18.7. The summed E-state index contributed by atoms with van der Waals surface area (Å²) in [6.07, 6.45) is 3.60. The maximum atomic E-state index is 13.0. The highest BCUT2D eigenvalue weighted by Crippen LogP contribution is 2.37. The highest BCUT2D eigenvalue weighted by atomic mass is 32.2. The van der Waals surface area contributed by atoms with E-state index in [1.54, 1.807) is 22.9 Å².